The first kappa shape index (κ1) is 16.3. The number of nitrogen functional groups attached to an aromatic ring is 1. The summed E-state index contributed by atoms with van der Waals surface area (Å²) in [6.07, 6.45) is 2.46. The summed E-state index contributed by atoms with van der Waals surface area (Å²) in [4.78, 5) is 23.7. The molecule has 1 aliphatic heterocycles. The highest BCUT2D eigenvalue weighted by Gasteiger charge is 2.16. The van der Waals surface area contributed by atoms with E-state index in [1.165, 1.54) is 24.2 Å². The Kier molecular flexibility index (Phi) is 4.30. The summed E-state index contributed by atoms with van der Waals surface area (Å²) in [7, 11) is 0. The minimum atomic E-state index is -0.104. The molecule has 3 aromatic rings. The zero-order chi connectivity index (χ0) is 17.4. The predicted molar refractivity (Wildman–Crippen MR) is 104 cm³/mol. The number of nitrogens with zero attached hydrogens (tertiary/aromatic N) is 3. The van der Waals surface area contributed by atoms with Gasteiger partial charge in [0.05, 0.1) is 22.5 Å². The third-order valence-corrected chi connectivity index (χ3v) is 6.09. The number of aromatic nitrogens is 2. The predicted octanol–water partition coefficient (Wildman–Crippen LogP) is 3.17. The van der Waals surface area contributed by atoms with Crippen LogP contribution >= 0.6 is 22.7 Å². The molecule has 1 aliphatic rings. The van der Waals surface area contributed by atoms with E-state index in [2.05, 4.69) is 20.2 Å². The Morgan fingerprint density at radius 1 is 1.32 bits per heavy atom. The molecule has 1 amide bonds. The van der Waals surface area contributed by atoms with Gasteiger partial charge in [0.15, 0.2) is 10.3 Å². The van der Waals surface area contributed by atoms with Crippen molar-refractivity contribution >= 4 is 49.1 Å². The Morgan fingerprint density at radius 2 is 2.12 bits per heavy atom. The summed E-state index contributed by atoms with van der Waals surface area (Å²) in [5, 5.41) is 6.55. The van der Waals surface area contributed by atoms with E-state index < -0.39 is 0 Å². The Bertz CT molecular complexity index is 926. The fourth-order valence-electron chi connectivity index (χ4n) is 3.05. The van der Waals surface area contributed by atoms with Crippen molar-refractivity contribution in [3.05, 3.63) is 34.3 Å². The van der Waals surface area contributed by atoms with Gasteiger partial charge >= 0.3 is 0 Å². The number of carbonyl (C=O) groups excluding carboxylic acids is 1. The van der Waals surface area contributed by atoms with Crippen LogP contribution in [-0.2, 0) is 6.54 Å². The summed E-state index contributed by atoms with van der Waals surface area (Å²) in [5.41, 5.74) is 9.13. The van der Waals surface area contributed by atoms with Crippen LogP contribution < -0.4 is 16.0 Å². The Morgan fingerprint density at radius 3 is 2.92 bits per heavy atom. The molecule has 1 aromatic carbocycles. The van der Waals surface area contributed by atoms with E-state index in [-0.39, 0.29) is 5.91 Å². The fourth-order valence-corrected chi connectivity index (χ4v) is 4.78. The number of carbonyl (C=O) groups is 1. The highest BCUT2D eigenvalue weighted by Crippen LogP contribution is 2.28. The van der Waals surface area contributed by atoms with Crippen molar-refractivity contribution in [2.45, 2.75) is 26.3 Å². The number of aryl methyl sites for hydroxylation is 1. The quantitative estimate of drug-likeness (QED) is 0.734. The Balaban J connectivity index is 1.45. The van der Waals surface area contributed by atoms with E-state index in [4.69, 9.17) is 5.73 Å². The maximum atomic E-state index is 12.5. The molecule has 1 fully saturated rings. The number of amides is 1. The molecule has 0 bridgehead atoms. The monoisotopic (exact) mass is 373 g/mol. The smallest absolute Gasteiger partial charge is 0.251 e. The summed E-state index contributed by atoms with van der Waals surface area (Å²) in [6.45, 7) is 4.54. The number of nitrogens with two attached hydrogens (primary N) is 1. The highest BCUT2D eigenvalue weighted by molar-refractivity contribution is 7.22. The van der Waals surface area contributed by atoms with Gasteiger partial charge in [-0.15, -0.1) is 11.3 Å². The third kappa shape index (κ3) is 3.32. The van der Waals surface area contributed by atoms with E-state index in [1.807, 2.05) is 24.4 Å². The van der Waals surface area contributed by atoms with Crippen molar-refractivity contribution in [3.8, 4) is 0 Å². The number of anilines is 2. The second kappa shape index (κ2) is 6.61. The van der Waals surface area contributed by atoms with Crippen LogP contribution in [0.3, 0.4) is 0 Å². The molecule has 130 valence electrons. The lowest BCUT2D eigenvalue weighted by Crippen LogP contribution is -2.23. The molecule has 0 aliphatic carbocycles. The molecule has 2 aromatic heterocycles. The molecule has 0 radical (unpaired) electrons. The molecule has 3 N–H and O–H groups in total. The molecular weight excluding hydrogens is 354 g/mol. The minimum absolute atomic E-state index is 0.104. The minimum Gasteiger partial charge on any atom is -0.375 e. The van der Waals surface area contributed by atoms with E-state index in [0.717, 1.165) is 39.7 Å². The fraction of sp³-hybridized carbons (Fsp3) is 0.353. The molecular formula is C17H19N5OS2. The molecule has 0 spiro atoms. The van der Waals surface area contributed by atoms with Crippen molar-refractivity contribution in [3.63, 3.8) is 0 Å². The van der Waals surface area contributed by atoms with Crippen LogP contribution in [-0.4, -0.2) is 29.0 Å². The first-order valence-corrected chi connectivity index (χ1v) is 9.94. The number of hydrogen-bond acceptors (Lipinski definition) is 7. The van der Waals surface area contributed by atoms with Gasteiger partial charge in [-0.1, -0.05) is 11.3 Å². The number of hydrogen-bond donors (Lipinski definition) is 2. The zero-order valence-corrected chi connectivity index (χ0v) is 15.5. The van der Waals surface area contributed by atoms with Crippen LogP contribution in [0.25, 0.3) is 10.2 Å². The SMILES string of the molecule is Cc1cc(C(=O)NCc2csc(N3CCCC3)n2)cc2sc(N)nc12. The van der Waals surface area contributed by atoms with Crippen molar-refractivity contribution in [1.82, 2.24) is 15.3 Å². The summed E-state index contributed by atoms with van der Waals surface area (Å²) in [6, 6.07) is 3.70. The van der Waals surface area contributed by atoms with E-state index in [0.29, 0.717) is 17.2 Å². The summed E-state index contributed by atoms with van der Waals surface area (Å²) < 4.78 is 0.938. The van der Waals surface area contributed by atoms with Crippen LogP contribution in [0.5, 0.6) is 0 Å². The molecule has 25 heavy (non-hydrogen) atoms. The van der Waals surface area contributed by atoms with Crippen LogP contribution in [0.15, 0.2) is 17.5 Å². The largest absolute Gasteiger partial charge is 0.375 e. The molecule has 1 saturated heterocycles. The van der Waals surface area contributed by atoms with E-state index in [1.54, 1.807) is 11.3 Å². The second-order valence-electron chi connectivity index (χ2n) is 6.19. The third-order valence-electron chi connectivity index (χ3n) is 4.31. The number of thiazole rings is 2. The Labute approximate surface area is 153 Å². The van der Waals surface area contributed by atoms with E-state index >= 15 is 0 Å². The van der Waals surface area contributed by atoms with Gasteiger partial charge in [-0.05, 0) is 37.5 Å². The van der Waals surface area contributed by atoms with Crippen LogP contribution in [0.2, 0.25) is 0 Å². The number of rotatable bonds is 4. The van der Waals surface area contributed by atoms with Gasteiger partial charge in [0.1, 0.15) is 0 Å². The van der Waals surface area contributed by atoms with Gasteiger partial charge in [0, 0.05) is 24.0 Å². The average Bonchev–Trinajstić information content (AvgIpc) is 3.31. The highest BCUT2D eigenvalue weighted by atomic mass is 32.1. The lowest BCUT2D eigenvalue weighted by Gasteiger charge is -2.12. The molecule has 0 atom stereocenters. The molecule has 4 rings (SSSR count). The summed E-state index contributed by atoms with van der Waals surface area (Å²) >= 11 is 3.04. The Hall–Kier alpha value is -2.19. The van der Waals surface area contributed by atoms with Gasteiger partial charge in [0.25, 0.3) is 5.91 Å². The standard InChI is InChI=1S/C17H19N5OS2/c1-10-6-11(7-13-14(10)21-16(18)25-13)15(23)19-8-12-9-24-17(20-12)22-4-2-3-5-22/h6-7,9H,2-5,8H2,1H3,(H2,18,21)(H,19,23). The van der Waals surface area contributed by atoms with Crippen molar-refractivity contribution in [2.24, 2.45) is 0 Å². The molecule has 3 heterocycles. The molecule has 0 unspecified atom stereocenters. The number of nitrogens with one attached hydrogen (secondary N) is 1. The van der Waals surface area contributed by atoms with Gasteiger partial charge in [-0.2, -0.15) is 0 Å². The first-order chi connectivity index (χ1) is 12.1. The van der Waals surface area contributed by atoms with Crippen molar-refractivity contribution in [2.75, 3.05) is 23.7 Å². The number of benzene rings is 1. The van der Waals surface area contributed by atoms with Gasteiger partial charge < -0.3 is 16.0 Å². The van der Waals surface area contributed by atoms with Gasteiger partial charge in [0.2, 0.25) is 0 Å². The normalized spacial score (nSPS) is 14.4. The van der Waals surface area contributed by atoms with Crippen molar-refractivity contribution < 1.29 is 4.79 Å². The maximum absolute atomic E-state index is 12.5. The lowest BCUT2D eigenvalue weighted by atomic mass is 10.1. The van der Waals surface area contributed by atoms with E-state index in [9.17, 15) is 4.79 Å². The molecule has 0 saturated carbocycles. The average molecular weight is 374 g/mol. The first-order valence-electron chi connectivity index (χ1n) is 8.24. The maximum Gasteiger partial charge on any atom is 0.251 e. The second-order valence-corrected chi connectivity index (χ2v) is 8.09. The van der Waals surface area contributed by atoms with Gasteiger partial charge in [-0.25, -0.2) is 9.97 Å². The van der Waals surface area contributed by atoms with Crippen LogP contribution in [0.1, 0.15) is 34.5 Å². The summed E-state index contributed by atoms with van der Waals surface area (Å²) in [5.74, 6) is -0.104. The van der Waals surface area contributed by atoms with Crippen molar-refractivity contribution in [1.29, 1.82) is 0 Å². The topological polar surface area (TPSA) is 84.1 Å². The zero-order valence-electron chi connectivity index (χ0n) is 13.9. The van der Waals surface area contributed by atoms with Crippen LogP contribution in [0, 0.1) is 6.92 Å². The number of fused-ring (bicyclic) bond motifs is 1. The molecule has 8 heteroatoms. The lowest BCUT2D eigenvalue weighted by molar-refractivity contribution is 0.0950. The van der Waals surface area contributed by atoms with Crippen LogP contribution in [0.4, 0.5) is 10.3 Å². The molecule has 6 nitrogen and oxygen atoms in total. The van der Waals surface area contributed by atoms with Gasteiger partial charge in [-0.3, -0.25) is 4.79 Å².